The summed E-state index contributed by atoms with van der Waals surface area (Å²) in [5, 5.41) is 9.30. The second-order valence-corrected chi connectivity index (χ2v) is 4.35. The van der Waals surface area contributed by atoms with E-state index in [1.807, 2.05) is 0 Å². The Morgan fingerprint density at radius 3 is 1.89 bits per heavy atom. The van der Waals surface area contributed by atoms with Gasteiger partial charge in [0.25, 0.3) is 0 Å². The van der Waals surface area contributed by atoms with Crippen molar-refractivity contribution in [3.8, 4) is 0 Å². The van der Waals surface area contributed by atoms with E-state index < -0.39 is 11.4 Å². The zero-order valence-electron chi connectivity index (χ0n) is 11.3. The number of aliphatic carboxylic acids is 1. The summed E-state index contributed by atoms with van der Waals surface area (Å²) in [6.07, 6.45) is 4.17. The minimum Gasteiger partial charge on any atom is -0.481 e. The number of carboxylic acid groups (broad SMARTS) is 1. The van der Waals surface area contributed by atoms with E-state index in [-0.39, 0.29) is 12.3 Å². The molecule has 4 nitrogen and oxygen atoms in total. The Kier molecular flexibility index (Phi) is 7.01. The summed E-state index contributed by atoms with van der Waals surface area (Å²) in [7, 11) is 0. The fourth-order valence-corrected chi connectivity index (χ4v) is 1.87. The van der Waals surface area contributed by atoms with Gasteiger partial charge < -0.3 is 10.0 Å². The molecule has 0 unspecified atom stereocenters. The quantitative estimate of drug-likeness (QED) is 0.642. The van der Waals surface area contributed by atoms with Crippen molar-refractivity contribution in [1.82, 2.24) is 4.90 Å². The lowest BCUT2D eigenvalue weighted by Gasteiger charge is -2.29. The largest absolute Gasteiger partial charge is 0.481 e. The zero-order chi connectivity index (χ0) is 14.2. The second kappa shape index (κ2) is 7.69. The highest BCUT2D eigenvalue weighted by Crippen LogP contribution is 2.31. The van der Waals surface area contributed by atoms with Gasteiger partial charge in [0.05, 0.1) is 5.41 Å². The van der Waals surface area contributed by atoms with Crippen molar-refractivity contribution in [2.24, 2.45) is 5.41 Å². The molecule has 0 aliphatic rings. The van der Waals surface area contributed by atoms with E-state index in [4.69, 9.17) is 0 Å². The molecule has 0 rings (SSSR count). The van der Waals surface area contributed by atoms with Crippen molar-refractivity contribution in [2.75, 3.05) is 13.1 Å². The molecule has 0 saturated carbocycles. The van der Waals surface area contributed by atoms with Gasteiger partial charge in [-0.3, -0.25) is 9.59 Å². The van der Waals surface area contributed by atoms with Gasteiger partial charge in [0.15, 0.2) is 0 Å². The maximum Gasteiger partial charge on any atom is 0.310 e. The fourth-order valence-electron chi connectivity index (χ4n) is 1.87. The van der Waals surface area contributed by atoms with Crippen LogP contribution < -0.4 is 0 Å². The first-order chi connectivity index (χ1) is 8.47. The summed E-state index contributed by atoms with van der Waals surface area (Å²) in [6, 6.07) is 0. The lowest BCUT2D eigenvalue weighted by atomic mass is 9.79. The van der Waals surface area contributed by atoms with Crippen molar-refractivity contribution >= 4 is 11.9 Å². The smallest absolute Gasteiger partial charge is 0.310 e. The minimum absolute atomic E-state index is 0.0248. The van der Waals surface area contributed by atoms with E-state index in [9.17, 15) is 14.7 Å². The van der Waals surface area contributed by atoms with Crippen LogP contribution in [0.1, 0.15) is 33.1 Å². The lowest BCUT2D eigenvalue weighted by Crippen LogP contribution is -2.39. The molecular weight excluding hydrogens is 230 g/mol. The van der Waals surface area contributed by atoms with Crippen LogP contribution >= 0.6 is 0 Å². The highest BCUT2D eigenvalue weighted by Gasteiger charge is 2.38. The van der Waals surface area contributed by atoms with Crippen molar-refractivity contribution < 1.29 is 14.7 Å². The molecule has 18 heavy (non-hydrogen) atoms. The zero-order valence-corrected chi connectivity index (χ0v) is 11.3. The molecule has 0 spiro atoms. The van der Waals surface area contributed by atoms with Gasteiger partial charge in [-0.05, 0) is 12.8 Å². The van der Waals surface area contributed by atoms with Gasteiger partial charge in [-0.15, -0.1) is 13.2 Å². The van der Waals surface area contributed by atoms with Gasteiger partial charge >= 0.3 is 5.97 Å². The van der Waals surface area contributed by atoms with Gasteiger partial charge in [0.2, 0.25) is 5.91 Å². The van der Waals surface area contributed by atoms with Crippen LogP contribution in [-0.2, 0) is 9.59 Å². The summed E-state index contributed by atoms with van der Waals surface area (Å²) in [6.45, 7) is 11.6. The summed E-state index contributed by atoms with van der Waals surface area (Å²) in [5.74, 6) is -1.07. The van der Waals surface area contributed by atoms with E-state index in [1.54, 1.807) is 30.9 Å². The Morgan fingerprint density at radius 1 is 1.17 bits per heavy atom. The van der Waals surface area contributed by atoms with Crippen LogP contribution in [0.3, 0.4) is 0 Å². The number of hydrogen-bond donors (Lipinski definition) is 1. The number of rotatable bonds is 9. The van der Waals surface area contributed by atoms with Crippen LogP contribution in [0.25, 0.3) is 0 Å². The molecule has 1 N–H and O–H groups in total. The van der Waals surface area contributed by atoms with E-state index >= 15 is 0 Å². The van der Waals surface area contributed by atoms with E-state index in [0.717, 1.165) is 0 Å². The number of hydrogen-bond acceptors (Lipinski definition) is 2. The average molecular weight is 253 g/mol. The van der Waals surface area contributed by atoms with Gasteiger partial charge in [-0.2, -0.15) is 0 Å². The highest BCUT2D eigenvalue weighted by molar-refractivity contribution is 5.85. The van der Waals surface area contributed by atoms with Crippen LogP contribution in [0.5, 0.6) is 0 Å². The predicted molar refractivity (Wildman–Crippen MR) is 72.2 cm³/mol. The molecule has 0 atom stereocenters. The number of carboxylic acids is 1. The SMILES string of the molecule is C=CCN(CC=C)C(=O)CC(CC)(CC)C(=O)O. The Bertz CT molecular complexity index is 309. The molecule has 0 aliphatic carbocycles. The molecule has 0 aromatic heterocycles. The third kappa shape index (κ3) is 4.02. The van der Waals surface area contributed by atoms with E-state index in [2.05, 4.69) is 13.2 Å². The first-order valence-electron chi connectivity index (χ1n) is 6.20. The second-order valence-electron chi connectivity index (χ2n) is 4.35. The summed E-state index contributed by atoms with van der Waals surface area (Å²) in [5.41, 5.74) is -0.961. The third-order valence-corrected chi connectivity index (χ3v) is 3.35. The average Bonchev–Trinajstić information content (AvgIpc) is 2.35. The molecule has 0 aliphatic heterocycles. The molecule has 0 heterocycles. The van der Waals surface area contributed by atoms with Crippen molar-refractivity contribution in [1.29, 1.82) is 0 Å². The number of amides is 1. The molecule has 1 amide bonds. The van der Waals surface area contributed by atoms with Crippen molar-refractivity contribution in [3.05, 3.63) is 25.3 Å². The number of nitrogens with zero attached hydrogens (tertiary/aromatic N) is 1. The van der Waals surface area contributed by atoms with Crippen LogP contribution in [0.4, 0.5) is 0 Å². The Labute approximate surface area is 109 Å². The molecule has 0 radical (unpaired) electrons. The van der Waals surface area contributed by atoms with Crippen LogP contribution in [0.15, 0.2) is 25.3 Å². The van der Waals surface area contributed by atoms with Gasteiger partial charge in [0.1, 0.15) is 0 Å². The Balaban J connectivity index is 4.91. The molecule has 0 fully saturated rings. The standard InChI is InChI=1S/C14H23NO3/c1-5-9-15(10-6-2)12(16)11-14(7-3,8-4)13(17)18/h5-6H,1-2,7-11H2,3-4H3,(H,17,18). The maximum atomic E-state index is 12.1. The molecular formula is C14H23NO3. The summed E-state index contributed by atoms with van der Waals surface area (Å²) >= 11 is 0. The first-order valence-corrected chi connectivity index (χ1v) is 6.20. The molecule has 0 aromatic rings. The van der Waals surface area contributed by atoms with Crippen molar-refractivity contribution in [2.45, 2.75) is 33.1 Å². The van der Waals surface area contributed by atoms with Gasteiger partial charge in [0, 0.05) is 19.5 Å². The minimum atomic E-state index is -0.961. The van der Waals surface area contributed by atoms with Crippen LogP contribution in [-0.4, -0.2) is 35.0 Å². The van der Waals surface area contributed by atoms with Crippen LogP contribution in [0, 0.1) is 5.41 Å². The molecule has 4 heteroatoms. The first kappa shape index (κ1) is 16.4. The fraction of sp³-hybridized carbons (Fsp3) is 0.571. The number of carbonyl (C=O) groups excluding carboxylic acids is 1. The highest BCUT2D eigenvalue weighted by atomic mass is 16.4. The van der Waals surface area contributed by atoms with Crippen LogP contribution in [0.2, 0.25) is 0 Å². The van der Waals surface area contributed by atoms with Crippen molar-refractivity contribution in [3.63, 3.8) is 0 Å². The molecule has 0 aromatic carbocycles. The summed E-state index contributed by atoms with van der Waals surface area (Å²) < 4.78 is 0. The molecule has 0 saturated heterocycles. The van der Waals surface area contributed by atoms with E-state index in [1.165, 1.54) is 0 Å². The monoisotopic (exact) mass is 253 g/mol. The predicted octanol–water partition coefficient (Wildman–Crippen LogP) is 2.47. The topological polar surface area (TPSA) is 57.6 Å². The maximum absolute atomic E-state index is 12.1. The van der Waals surface area contributed by atoms with Gasteiger partial charge in [-0.25, -0.2) is 0 Å². The Hall–Kier alpha value is -1.58. The number of carbonyl (C=O) groups is 2. The lowest BCUT2D eigenvalue weighted by molar-refractivity contribution is -0.154. The third-order valence-electron chi connectivity index (χ3n) is 3.35. The molecule has 102 valence electrons. The summed E-state index contributed by atoms with van der Waals surface area (Å²) in [4.78, 5) is 25.0. The van der Waals surface area contributed by atoms with Gasteiger partial charge in [-0.1, -0.05) is 26.0 Å². The van der Waals surface area contributed by atoms with E-state index in [0.29, 0.717) is 25.9 Å². The molecule has 0 bridgehead atoms. The normalized spacial score (nSPS) is 10.8. The Morgan fingerprint density at radius 2 is 1.61 bits per heavy atom.